The minimum absolute atomic E-state index is 0.0448. The lowest BCUT2D eigenvalue weighted by atomic mass is 10.2. The Kier molecular flexibility index (Phi) is 5.40. The lowest BCUT2D eigenvalue weighted by Gasteiger charge is -2.04. The molecule has 0 bridgehead atoms. The van der Waals surface area contributed by atoms with Gasteiger partial charge in [0.2, 0.25) is 0 Å². The van der Waals surface area contributed by atoms with E-state index in [-0.39, 0.29) is 11.7 Å². The Bertz CT molecular complexity index is 623. The molecule has 0 aliphatic heterocycles. The average molecular weight is 325 g/mol. The van der Waals surface area contributed by atoms with Gasteiger partial charge in [-0.1, -0.05) is 6.07 Å². The van der Waals surface area contributed by atoms with Crippen LogP contribution in [0, 0.1) is 0 Å². The summed E-state index contributed by atoms with van der Waals surface area (Å²) in [7, 11) is 1.77. The molecule has 0 saturated heterocycles. The maximum Gasteiger partial charge on any atom is 0.313 e. The van der Waals surface area contributed by atoms with Crippen LogP contribution in [0.5, 0.6) is 0 Å². The number of carboxylic acid groups (broad SMARTS) is 1. The third-order valence-electron chi connectivity index (χ3n) is 2.59. The number of nitrogens with zero attached hydrogens (tertiary/aromatic N) is 2. The molecule has 0 aliphatic carbocycles. The van der Waals surface area contributed by atoms with Crippen LogP contribution in [-0.4, -0.2) is 44.8 Å². The first kappa shape index (κ1) is 15.6. The Morgan fingerprint density at radius 2 is 2.33 bits per heavy atom. The largest absolute Gasteiger partial charge is 0.481 e. The molecular formula is C13H15N3O3S2. The number of aliphatic carboxylic acids is 1. The maximum absolute atomic E-state index is 12.2. The number of rotatable bonds is 7. The van der Waals surface area contributed by atoms with Gasteiger partial charge in [-0.15, -0.1) is 23.1 Å². The SMILES string of the molecule is Cn1cc(C(=O)NCCSCC(=O)O)c(-c2cccs2)n1. The fourth-order valence-corrected chi connectivity index (χ4v) is 3.03. The zero-order valence-corrected chi connectivity index (χ0v) is 13.0. The number of thiophene rings is 1. The van der Waals surface area contributed by atoms with Crippen molar-refractivity contribution in [3.8, 4) is 10.6 Å². The zero-order chi connectivity index (χ0) is 15.2. The molecule has 21 heavy (non-hydrogen) atoms. The molecule has 0 fully saturated rings. The van der Waals surface area contributed by atoms with Crippen LogP contribution in [0.3, 0.4) is 0 Å². The number of aromatic nitrogens is 2. The molecule has 0 aromatic carbocycles. The maximum atomic E-state index is 12.2. The molecule has 6 nitrogen and oxygen atoms in total. The van der Waals surface area contributed by atoms with E-state index in [2.05, 4.69) is 10.4 Å². The molecular weight excluding hydrogens is 310 g/mol. The fourth-order valence-electron chi connectivity index (χ4n) is 1.74. The Morgan fingerprint density at radius 3 is 3.00 bits per heavy atom. The number of carbonyl (C=O) groups excluding carboxylic acids is 1. The number of hydrogen-bond acceptors (Lipinski definition) is 5. The molecule has 0 spiro atoms. The summed E-state index contributed by atoms with van der Waals surface area (Å²) < 4.78 is 1.61. The van der Waals surface area contributed by atoms with Gasteiger partial charge in [-0.3, -0.25) is 14.3 Å². The number of amides is 1. The van der Waals surface area contributed by atoms with E-state index < -0.39 is 5.97 Å². The fraction of sp³-hybridized carbons (Fsp3) is 0.308. The summed E-state index contributed by atoms with van der Waals surface area (Å²) >= 11 is 2.80. The van der Waals surface area contributed by atoms with Crippen molar-refractivity contribution >= 4 is 35.0 Å². The van der Waals surface area contributed by atoms with Crippen LogP contribution in [0.1, 0.15) is 10.4 Å². The highest BCUT2D eigenvalue weighted by atomic mass is 32.2. The molecule has 1 amide bonds. The molecule has 8 heteroatoms. The van der Waals surface area contributed by atoms with Crippen molar-refractivity contribution in [2.24, 2.45) is 7.05 Å². The van der Waals surface area contributed by atoms with Crippen molar-refractivity contribution < 1.29 is 14.7 Å². The van der Waals surface area contributed by atoms with Crippen molar-refractivity contribution in [3.05, 3.63) is 29.3 Å². The summed E-state index contributed by atoms with van der Waals surface area (Å²) in [4.78, 5) is 23.5. The van der Waals surface area contributed by atoms with Crippen LogP contribution in [0.15, 0.2) is 23.7 Å². The van der Waals surface area contributed by atoms with Gasteiger partial charge in [0, 0.05) is 25.5 Å². The van der Waals surface area contributed by atoms with Crippen molar-refractivity contribution in [2.75, 3.05) is 18.1 Å². The van der Waals surface area contributed by atoms with Gasteiger partial charge in [0.25, 0.3) is 5.91 Å². The highest BCUT2D eigenvalue weighted by Gasteiger charge is 2.17. The Balaban J connectivity index is 1.95. The van der Waals surface area contributed by atoms with E-state index in [0.717, 1.165) is 4.88 Å². The summed E-state index contributed by atoms with van der Waals surface area (Å²) in [5, 5.41) is 17.6. The molecule has 0 radical (unpaired) electrons. The molecule has 0 saturated carbocycles. The number of aryl methyl sites for hydroxylation is 1. The minimum atomic E-state index is -0.849. The molecule has 2 N–H and O–H groups in total. The van der Waals surface area contributed by atoms with Gasteiger partial charge in [0.1, 0.15) is 5.69 Å². The third-order valence-corrected chi connectivity index (χ3v) is 4.41. The van der Waals surface area contributed by atoms with E-state index in [1.807, 2.05) is 17.5 Å². The average Bonchev–Trinajstić information content (AvgIpc) is 3.06. The third kappa shape index (κ3) is 4.33. The highest BCUT2D eigenvalue weighted by molar-refractivity contribution is 7.99. The quantitative estimate of drug-likeness (QED) is 0.757. The van der Waals surface area contributed by atoms with Crippen LogP contribution >= 0.6 is 23.1 Å². The molecule has 112 valence electrons. The molecule has 0 atom stereocenters. The van der Waals surface area contributed by atoms with E-state index >= 15 is 0 Å². The van der Waals surface area contributed by atoms with Gasteiger partial charge in [-0.2, -0.15) is 5.10 Å². The Hall–Kier alpha value is -1.80. The second kappa shape index (κ2) is 7.28. The van der Waals surface area contributed by atoms with Gasteiger partial charge in [0.05, 0.1) is 16.2 Å². The number of carbonyl (C=O) groups is 2. The summed E-state index contributed by atoms with van der Waals surface area (Å²) in [6, 6.07) is 3.84. The first-order chi connectivity index (χ1) is 10.1. The van der Waals surface area contributed by atoms with Crippen LogP contribution in [0.2, 0.25) is 0 Å². The van der Waals surface area contributed by atoms with Gasteiger partial charge in [-0.05, 0) is 11.4 Å². The normalized spacial score (nSPS) is 10.5. The number of carboxylic acids is 1. The molecule has 0 unspecified atom stereocenters. The van der Waals surface area contributed by atoms with Crippen molar-refractivity contribution in [1.29, 1.82) is 0 Å². The lowest BCUT2D eigenvalue weighted by molar-refractivity contribution is -0.133. The van der Waals surface area contributed by atoms with Gasteiger partial charge < -0.3 is 10.4 Å². The van der Waals surface area contributed by atoms with E-state index in [9.17, 15) is 9.59 Å². The summed E-state index contributed by atoms with van der Waals surface area (Å²) in [6.07, 6.45) is 1.69. The zero-order valence-electron chi connectivity index (χ0n) is 11.4. The predicted octanol–water partition coefficient (Wildman–Crippen LogP) is 1.70. The first-order valence-corrected chi connectivity index (χ1v) is 8.26. The van der Waals surface area contributed by atoms with E-state index in [1.165, 1.54) is 23.1 Å². The highest BCUT2D eigenvalue weighted by Crippen LogP contribution is 2.26. The van der Waals surface area contributed by atoms with E-state index in [1.54, 1.807) is 17.9 Å². The van der Waals surface area contributed by atoms with Gasteiger partial charge in [-0.25, -0.2) is 0 Å². The van der Waals surface area contributed by atoms with Gasteiger partial charge in [0.15, 0.2) is 0 Å². The summed E-state index contributed by atoms with van der Waals surface area (Å²) in [5.74, 6) is -0.434. The monoisotopic (exact) mass is 325 g/mol. The van der Waals surface area contributed by atoms with E-state index in [4.69, 9.17) is 5.11 Å². The standard InChI is InChI=1S/C13H15N3O3S2/c1-16-7-9(12(15-16)10-3-2-5-21-10)13(19)14-4-6-20-8-11(17)18/h2-3,5,7H,4,6,8H2,1H3,(H,14,19)(H,17,18). The van der Waals surface area contributed by atoms with Crippen LogP contribution in [0.25, 0.3) is 10.6 Å². The molecule has 0 aliphatic rings. The van der Waals surface area contributed by atoms with Crippen LogP contribution in [0.4, 0.5) is 0 Å². The van der Waals surface area contributed by atoms with Crippen molar-refractivity contribution in [3.63, 3.8) is 0 Å². The Morgan fingerprint density at radius 1 is 1.52 bits per heavy atom. The predicted molar refractivity (Wildman–Crippen MR) is 83.8 cm³/mol. The minimum Gasteiger partial charge on any atom is -0.481 e. The van der Waals surface area contributed by atoms with Crippen LogP contribution < -0.4 is 5.32 Å². The lowest BCUT2D eigenvalue weighted by Crippen LogP contribution is -2.26. The second-order valence-electron chi connectivity index (χ2n) is 4.24. The van der Waals surface area contributed by atoms with Crippen molar-refractivity contribution in [1.82, 2.24) is 15.1 Å². The Labute approximate surface area is 130 Å². The topological polar surface area (TPSA) is 84.2 Å². The number of nitrogens with one attached hydrogen (secondary N) is 1. The first-order valence-electron chi connectivity index (χ1n) is 6.23. The van der Waals surface area contributed by atoms with Crippen molar-refractivity contribution in [2.45, 2.75) is 0 Å². The molecule has 2 rings (SSSR count). The van der Waals surface area contributed by atoms with E-state index in [0.29, 0.717) is 23.6 Å². The summed E-state index contributed by atoms with van der Waals surface area (Å²) in [5.41, 5.74) is 1.20. The van der Waals surface area contributed by atoms with Crippen LogP contribution in [-0.2, 0) is 11.8 Å². The molecule has 2 aromatic heterocycles. The van der Waals surface area contributed by atoms with Gasteiger partial charge >= 0.3 is 5.97 Å². The second-order valence-corrected chi connectivity index (χ2v) is 6.30. The number of thioether (sulfide) groups is 1. The number of hydrogen-bond donors (Lipinski definition) is 2. The smallest absolute Gasteiger partial charge is 0.313 e. The molecule has 2 aromatic rings. The summed E-state index contributed by atoms with van der Waals surface area (Å²) in [6.45, 7) is 0.426. The molecule has 2 heterocycles.